The van der Waals surface area contributed by atoms with Crippen molar-refractivity contribution in [2.75, 3.05) is 0 Å². The Morgan fingerprint density at radius 3 is 2.94 bits per heavy atom. The normalized spacial score (nSPS) is 11.1. The third kappa shape index (κ3) is 1.42. The minimum Gasteiger partial charge on any atom is -0.408 e. The van der Waals surface area contributed by atoms with Crippen LogP contribution in [-0.2, 0) is 0 Å². The monoisotopic (exact) mass is 235 g/mol. The lowest BCUT2D eigenvalue weighted by Crippen LogP contribution is -1.92. The lowest BCUT2D eigenvalue weighted by molar-refractivity contribution is 0.555. The number of hydrogen-bond acceptors (Lipinski definition) is 3. The number of imidazole rings is 1. The molecule has 2 N–H and O–H groups in total. The van der Waals surface area contributed by atoms with Gasteiger partial charge in [0.15, 0.2) is 10.9 Å². The van der Waals surface area contributed by atoms with E-state index < -0.39 is 5.76 Å². The summed E-state index contributed by atoms with van der Waals surface area (Å²) in [6, 6.07) is 5.34. The second-order valence-electron chi connectivity index (χ2n) is 3.31. The quantitative estimate of drug-likeness (QED) is 0.679. The number of hydrogen-bond donors (Lipinski definition) is 2. The molecule has 0 aliphatic carbocycles. The van der Waals surface area contributed by atoms with Crippen molar-refractivity contribution >= 4 is 22.7 Å². The standard InChI is InChI=1S/C10H6ClN3O2/c11-9-12-4-7(13-9)5-1-2-8-6(3-5)14-10(15)16-8/h1-4H,(H,12,13)(H,14,15). The summed E-state index contributed by atoms with van der Waals surface area (Å²) in [5.74, 6) is -0.463. The van der Waals surface area contributed by atoms with Gasteiger partial charge < -0.3 is 9.40 Å². The number of nitrogens with zero attached hydrogens (tertiary/aromatic N) is 1. The zero-order chi connectivity index (χ0) is 11.1. The topological polar surface area (TPSA) is 74.7 Å². The largest absolute Gasteiger partial charge is 0.417 e. The van der Waals surface area contributed by atoms with Crippen LogP contribution < -0.4 is 5.76 Å². The number of benzene rings is 1. The Morgan fingerprint density at radius 2 is 2.19 bits per heavy atom. The van der Waals surface area contributed by atoms with E-state index in [1.165, 1.54) is 0 Å². The predicted octanol–water partition coefficient (Wildman–Crippen LogP) is 2.16. The summed E-state index contributed by atoms with van der Waals surface area (Å²) in [5.41, 5.74) is 2.84. The van der Waals surface area contributed by atoms with Gasteiger partial charge in [0.25, 0.3) is 0 Å². The molecule has 0 spiro atoms. The second-order valence-corrected chi connectivity index (χ2v) is 3.67. The minimum atomic E-state index is -0.463. The van der Waals surface area contributed by atoms with Crippen LogP contribution in [0.4, 0.5) is 0 Å². The molecule has 3 rings (SSSR count). The fourth-order valence-electron chi connectivity index (χ4n) is 1.56. The van der Waals surface area contributed by atoms with Crippen molar-refractivity contribution in [1.29, 1.82) is 0 Å². The first kappa shape index (κ1) is 9.23. The van der Waals surface area contributed by atoms with Gasteiger partial charge in [-0.15, -0.1) is 0 Å². The van der Waals surface area contributed by atoms with Crippen LogP contribution in [0, 0.1) is 0 Å². The van der Waals surface area contributed by atoms with Gasteiger partial charge >= 0.3 is 5.76 Å². The van der Waals surface area contributed by atoms with Crippen molar-refractivity contribution in [3.63, 3.8) is 0 Å². The van der Waals surface area contributed by atoms with E-state index in [0.717, 1.165) is 11.3 Å². The van der Waals surface area contributed by atoms with Crippen LogP contribution >= 0.6 is 11.6 Å². The van der Waals surface area contributed by atoms with E-state index >= 15 is 0 Å². The van der Waals surface area contributed by atoms with Crippen molar-refractivity contribution in [2.45, 2.75) is 0 Å². The van der Waals surface area contributed by atoms with Crippen molar-refractivity contribution in [3.8, 4) is 11.3 Å². The Labute approximate surface area is 94.1 Å². The van der Waals surface area contributed by atoms with E-state index in [4.69, 9.17) is 16.0 Å². The molecule has 0 atom stereocenters. The maximum absolute atomic E-state index is 11.0. The Hall–Kier alpha value is -2.01. The number of H-pyrrole nitrogens is 2. The average molecular weight is 236 g/mol. The molecule has 0 aliphatic heterocycles. The molecule has 2 aromatic heterocycles. The highest BCUT2D eigenvalue weighted by Gasteiger charge is 2.05. The number of aromatic nitrogens is 3. The van der Waals surface area contributed by atoms with E-state index in [9.17, 15) is 4.79 Å². The van der Waals surface area contributed by atoms with Gasteiger partial charge in [0.1, 0.15) is 0 Å². The van der Waals surface area contributed by atoms with Gasteiger partial charge in [0, 0.05) is 5.56 Å². The molecule has 16 heavy (non-hydrogen) atoms. The molecular formula is C10H6ClN3O2. The summed E-state index contributed by atoms with van der Waals surface area (Å²) in [7, 11) is 0. The Bertz CT molecular complexity index is 710. The summed E-state index contributed by atoms with van der Waals surface area (Å²) in [6.45, 7) is 0. The molecule has 0 bridgehead atoms. The van der Waals surface area contributed by atoms with Crippen molar-refractivity contribution in [3.05, 3.63) is 40.2 Å². The van der Waals surface area contributed by atoms with Crippen LogP contribution in [0.25, 0.3) is 22.4 Å². The number of rotatable bonds is 1. The van der Waals surface area contributed by atoms with Crippen LogP contribution in [-0.4, -0.2) is 15.0 Å². The molecule has 0 saturated heterocycles. The molecule has 5 nitrogen and oxygen atoms in total. The molecule has 1 aromatic carbocycles. The highest BCUT2D eigenvalue weighted by Crippen LogP contribution is 2.22. The SMILES string of the molecule is O=c1[nH]c2cc(-c3cnc(Cl)[nH]3)ccc2o1. The summed E-state index contributed by atoms with van der Waals surface area (Å²) >= 11 is 5.69. The number of oxazole rings is 1. The first-order chi connectivity index (χ1) is 7.72. The Morgan fingerprint density at radius 1 is 1.31 bits per heavy atom. The lowest BCUT2D eigenvalue weighted by Gasteiger charge is -1.95. The molecular weight excluding hydrogens is 230 g/mol. The summed E-state index contributed by atoms with van der Waals surface area (Å²) in [6.07, 6.45) is 1.63. The van der Waals surface area contributed by atoms with E-state index in [2.05, 4.69) is 15.0 Å². The molecule has 2 heterocycles. The van der Waals surface area contributed by atoms with Crippen LogP contribution in [0.1, 0.15) is 0 Å². The number of aromatic amines is 2. The van der Waals surface area contributed by atoms with Gasteiger partial charge in [-0.3, -0.25) is 4.98 Å². The molecule has 0 unspecified atom stereocenters. The summed E-state index contributed by atoms with van der Waals surface area (Å²) < 4.78 is 4.90. The highest BCUT2D eigenvalue weighted by molar-refractivity contribution is 6.28. The van der Waals surface area contributed by atoms with Gasteiger partial charge in [-0.1, -0.05) is 0 Å². The lowest BCUT2D eigenvalue weighted by atomic mass is 10.1. The maximum Gasteiger partial charge on any atom is 0.417 e. The minimum absolute atomic E-state index is 0.329. The van der Waals surface area contributed by atoms with Crippen molar-refractivity contribution < 1.29 is 4.42 Å². The zero-order valence-corrected chi connectivity index (χ0v) is 8.71. The number of nitrogens with one attached hydrogen (secondary N) is 2. The molecule has 0 amide bonds. The Balaban J connectivity index is 2.21. The van der Waals surface area contributed by atoms with Crippen molar-refractivity contribution in [1.82, 2.24) is 15.0 Å². The third-order valence-corrected chi connectivity index (χ3v) is 2.47. The second kappa shape index (κ2) is 3.24. The predicted molar refractivity (Wildman–Crippen MR) is 59.4 cm³/mol. The Kier molecular flexibility index (Phi) is 1.87. The van der Waals surface area contributed by atoms with Crippen LogP contribution in [0.2, 0.25) is 5.28 Å². The molecule has 0 saturated carbocycles. The number of fused-ring (bicyclic) bond motifs is 1. The third-order valence-electron chi connectivity index (χ3n) is 2.27. The molecule has 6 heteroatoms. The van der Waals surface area contributed by atoms with Gasteiger partial charge in [0.2, 0.25) is 0 Å². The van der Waals surface area contributed by atoms with E-state index in [0.29, 0.717) is 16.4 Å². The molecule has 0 fully saturated rings. The van der Waals surface area contributed by atoms with Crippen LogP contribution in [0.15, 0.2) is 33.6 Å². The molecule has 80 valence electrons. The average Bonchev–Trinajstić information content (AvgIpc) is 2.81. The van der Waals surface area contributed by atoms with E-state index in [1.807, 2.05) is 6.07 Å². The molecule has 3 aromatic rings. The van der Waals surface area contributed by atoms with Crippen molar-refractivity contribution in [2.24, 2.45) is 0 Å². The first-order valence-electron chi connectivity index (χ1n) is 4.56. The first-order valence-corrected chi connectivity index (χ1v) is 4.94. The van der Waals surface area contributed by atoms with Gasteiger partial charge in [-0.05, 0) is 29.8 Å². The zero-order valence-electron chi connectivity index (χ0n) is 7.95. The fraction of sp³-hybridized carbons (Fsp3) is 0. The van der Waals surface area contributed by atoms with Gasteiger partial charge in [-0.2, -0.15) is 0 Å². The fourth-order valence-corrected chi connectivity index (χ4v) is 1.71. The number of halogens is 1. The summed E-state index contributed by atoms with van der Waals surface area (Å²) in [4.78, 5) is 20.4. The van der Waals surface area contributed by atoms with Crippen LogP contribution in [0.5, 0.6) is 0 Å². The van der Waals surface area contributed by atoms with Gasteiger partial charge in [-0.25, -0.2) is 9.78 Å². The molecule has 0 aliphatic rings. The van der Waals surface area contributed by atoms with E-state index in [-0.39, 0.29) is 0 Å². The molecule has 0 radical (unpaired) electrons. The maximum atomic E-state index is 11.0. The van der Waals surface area contributed by atoms with Gasteiger partial charge in [0.05, 0.1) is 17.4 Å². The highest BCUT2D eigenvalue weighted by atomic mass is 35.5. The van der Waals surface area contributed by atoms with E-state index in [1.54, 1.807) is 18.3 Å². The smallest absolute Gasteiger partial charge is 0.408 e. The summed E-state index contributed by atoms with van der Waals surface area (Å²) in [5, 5.41) is 0.329. The van der Waals surface area contributed by atoms with Crippen LogP contribution in [0.3, 0.4) is 0 Å².